The fourth-order valence-electron chi connectivity index (χ4n) is 1.71. The molecule has 0 aliphatic heterocycles. The van der Waals surface area contributed by atoms with Crippen LogP contribution in [0.25, 0.3) is 0 Å². The maximum atomic E-state index is 11.9. The summed E-state index contributed by atoms with van der Waals surface area (Å²) < 4.78 is 33.3. The summed E-state index contributed by atoms with van der Waals surface area (Å²) in [7, 11) is -1.71. The molecule has 0 amide bonds. The first-order valence-corrected chi connectivity index (χ1v) is 8.26. The summed E-state index contributed by atoms with van der Waals surface area (Å²) in [6, 6.07) is 6.54. The van der Waals surface area contributed by atoms with Gasteiger partial charge in [-0.2, -0.15) is 0 Å². The molecular formula is C14H23NO4S. The highest BCUT2D eigenvalue weighted by Crippen LogP contribution is 2.34. The van der Waals surface area contributed by atoms with Gasteiger partial charge in [-0.1, -0.05) is 18.2 Å². The summed E-state index contributed by atoms with van der Waals surface area (Å²) in [5.74, 6) is 0.591. The highest BCUT2D eigenvalue weighted by molar-refractivity contribution is 7.92. The standard InChI is InChI=1S/C14H23NO4S/c1-14(2,20(4,16)17)13(15)11-7-5-6-8-12(11)19-10-9-18-3/h5-8,13H,9-10,15H2,1-4H3. The van der Waals surface area contributed by atoms with E-state index in [4.69, 9.17) is 15.2 Å². The van der Waals surface area contributed by atoms with Crippen LogP contribution in [0.15, 0.2) is 24.3 Å². The molecule has 0 spiro atoms. The van der Waals surface area contributed by atoms with Gasteiger partial charge in [-0.05, 0) is 19.9 Å². The SMILES string of the molecule is COCCOc1ccccc1C(N)C(C)(C)S(C)(=O)=O. The Bertz CT molecular complexity index is 540. The summed E-state index contributed by atoms with van der Waals surface area (Å²) >= 11 is 0. The van der Waals surface area contributed by atoms with E-state index in [9.17, 15) is 8.42 Å². The van der Waals surface area contributed by atoms with E-state index in [0.29, 0.717) is 24.5 Å². The predicted molar refractivity (Wildman–Crippen MR) is 79.7 cm³/mol. The van der Waals surface area contributed by atoms with E-state index in [1.165, 1.54) is 6.26 Å². The van der Waals surface area contributed by atoms with Gasteiger partial charge in [0.1, 0.15) is 12.4 Å². The highest BCUT2D eigenvalue weighted by Gasteiger charge is 2.38. The third-order valence-electron chi connectivity index (χ3n) is 3.50. The number of nitrogens with two attached hydrogens (primary N) is 1. The summed E-state index contributed by atoms with van der Waals surface area (Å²) in [6.45, 7) is 4.09. The lowest BCUT2D eigenvalue weighted by molar-refractivity contribution is 0.145. The number of methoxy groups -OCH3 is 1. The van der Waals surface area contributed by atoms with E-state index in [1.54, 1.807) is 33.1 Å². The second-order valence-corrected chi connectivity index (χ2v) is 7.83. The third kappa shape index (κ3) is 3.71. The second-order valence-electron chi connectivity index (χ2n) is 5.23. The first-order valence-electron chi connectivity index (χ1n) is 6.37. The molecule has 1 unspecified atom stereocenters. The van der Waals surface area contributed by atoms with Crippen molar-refractivity contribution in [2.45, 2.75) is 24.6 Å². The Morgan fingerprint density at radius 3 is 2.40 bits per heavy atom. The monoisotopic (exact) mass is 301 g/mol. The van der Waals surface area contributed by atoms with Crippen molar-refractivity contribution >= 4 is 9.84 Å². The molecule has 0 aliphatic rings. The van der Waals surface area contributed by atoms with Gasteiger partial charge in [0.2, 0.25) is 0 Å². The van der Waals surface area contributed by atoms with E-state index < -0.39 is 20.6 Å². The Morgan fingerprint density at radius 1 is 1.25 bits per heavy atom. The minimum absolute atomic E-state index is 0.388. The van der Waals surface area contributed by atoms with Gasteiger partial charge < -0.3 is 15.2 Å². The van der Waals surface area contributed by atoms with Gasteiger partial charge in [0.05, 0.1) is 17.4 Å². The zero-order valence-electron chi connectivity index (χ0n) is 12.4. The quantitative estimate of drug-likeness (QED) is 0.773. The molecule has 5 nitrogen and oxygen atoms in total. The van der Waals surface area contributed by atoms with Crippen LogP contribution in [-0.2, 0) is 14.6 Å². The minimum Gasteiger partial charge on any atom is -0.491 e. The topological polar surface area (TPSA) is 78.6 Å². The highest BCUT2D eigenvalue weighted by atomic mass is 32.2. The van der Waals surface area contributed by atoms with Crippen LogP contribution in [0.1, 0.15) is 25.5 Å². The Kier molecular flexibility index (Phi) is 5.56. The third-order valence-corrected chi connectivity index (χ3v) is 5.67. The molecule has 2 N–H and O–H groups in total. The lowest BCUT2D eigenvalue weighted by atomic mass is 9.95. The Labute approximate surface area is 121 Å². The van der Waals surface area contributed by atoms with Crippen molar-refractivity contribution in [3.8, 4) is 5.75 Å². The molecule has 1 rings (SSSR count). The van der Waals surface area contributed by atoms with Gasteiger partial charge in [-0.3, -0.25) is 0 Å². The second kappa shape index (κ2) is 6.56. The summed E-state index contributed by atoms with van der Waals surface area (Å²) in [4.78, 5) is 0. The number of ether oxygens (including phenoxy) is 2. The normalized spacial score (nSPS) is 14.1. The van der Waals surface area contributed by atoms with Crippen molar-refractivity contribution in [2.24, 2.45) is 5.73 Å². The van der Waals surface area contributed by atoms with Gasteiger partial charge in [-0.15, -0.1) is 0 Å². The first-order chi connectivity index (χ1) is 9.21. The van der Waals surface area contributed by atoms with Crippen LogP contribution < -0.4 is 10.5 Å². The van der Waals surface area contributed by atoms with Crippen molar-refractivity contribution in [3.05, 3.63) is 29.8 Å². The van der Waals surface area contributed by atoms with E-state index in [0.717, 1.165) is 0 Å². The number of benzene rings is 1. The van der Waals surface area contributed by atoms with Gasteiger partial charge >= 0.3 is 0 Å². The molecule has 0 bridgehead atoms. The van der Waals surface area contributed by atoms with Crippen LogP contribution in [0, 0.1) is 0 Å². The Hall–Kier alpha value is -1.11. The van der Waals surface area contributed by atoms with Gasteiger partial charge in [0, 0.05) is 18.9 Å². The van der Waals surface area contributed by atoms with Gasteiger partial charge in [0.15, 0.2) is 9.84 Å². The number of rotatable bonds is 7. The number of sulfone groups is 1. The molecule has 1 aromatic carbocycles. The minimum atomic E-state index is -3.30. The van der Waals surface area contributed by atoms with Crippen molar-refractivity contribution in [3.63, 3.8) is 0 Å². The van der Waals surface area contributed by atoms with Crippen LogP contribution in [0.5, 0.6) is 5.75 Å². The molecule has 0 saturated carbocycles. The molecule has 0 heterocycles. The first kappa shape index (κ1) is 16.9. The molecule has 0 radical (unpaired) electrons. The lowest BCUT2D eigenvalue weighted by Gasteiger charge is -2.31. The molecule has 0 fully saturated rings. The molecular weight excluding hydrogens is 278 g/mol. The fraction of sp³-hybridized carbons (Fsp3) is 0.571. The summed E-state index contributed by atoms with van der Waals surface area (Å²) in [5.41, 5.74) is 6.85. The van der Waals surface area contributed by atoms with Crippen molar-refractivity contribution in [1.82, 2.24) is 0 Å². The molecule has 0 saturated heterocycles. The Balaban J connectivity index is 3.07. The number of hydrogen-bond donors (Lipinski definition) is 1. The van der Waals surface area contributed by atoms with Crippen LogP contribution in [0.2, 0.25) is 0 Å². The molecule has 0 aliphatic carbocycles. The van der Waals surface area contributed by atoms with E-state index in [1.807, 2.05) is 12.1 Å². The largest absolute Gasteiger partial charge is 0.491 e. The van der Waals surface area contributed by atoms with Crippen molar-refractivity contribution in [1.29, 1.82) is 0 Å². The molecule has 0 aromatic heterocycles. The van der Waals surface area contributed by atoms with Crippen molar-refractivity contribution < 1.29 is 17.9 Å². The van der Waals surface area contributed by atoms with E-state index in [2.05, 4.69) is 0 Å². The molecule has 6 heteroatoms. The zero-order chi connectivity index (χ0) is 15.4. The van der Waals surface area contributed by atoms with Crippen LogP contribution in [0.4, 0.5) is 0 Å². The van der Waals surface area contributed by atoms with Gasteiger partial charge in [-0.25, -0.2) is 8.42 Å². The lowest BCUT2D eigenvalue weighted by Crippen LogP contribution is -2.42. The molecule has 114 valence electrons. The predicted octanol–water partition coefficient (Wildman–Crippen LogP) is 1.53. The van der Waals surface area contributed by atoms with Gasteiger partial charge in [0.25, 0.3) is 0 Å². The van der Waals surface area contributed by atoms with Crippen LogP contribution >= 0.6 is 0 Å². The molecule has 1 aromatic rings. The van der Waals surface area contributed by atoms with E-state index >= 15 is 0 Å². The fourth-order valence-corrected chi connectivity index (χ4v) is 2.30. The van der Waals surface area contributed by atoms with Crippen molar-refractivity contribution in [2.75, 3.05) is 26.6 Å². The maximum Gasteiger partial charge on any atom is 0.154 e. The summed E-state index contributed by atoms with van der Waals surface area (Å²) in [6.07, 6.45) is 1.20. The summed E-state index contributed by atoms with van der Waals surface area (Å²) in [5, 5.41) is 0. The maximum absolute atomic E-state index is 11.9. The van der Waals surface area contributed by atoms with Crippen LogP contribution in [0.3, 0.4) is 0 Å². The smallest absolute Gasteiger partial charge is 0.154 e. The average molecular weight is 301 g/mol. The van der Waals surface area contributed by atoms with E-state index in [-0.39, 0.29) is 0 Å². The average Bonchev–Trinajstić information content (AvgIpc) is 2.37. The Morgan fingerprint density at radius 2 is 1.85 bits per heavy atom. The van der Waals surface area contributed by atoms with Crippen LogP contribution in [-0.4, -0.2) is 39.7 Å². The number of para-hydroxylation sites is 1. The zero-order valence-corrected chi connectivity index (χ0v) is 13.2. The molecule has 20 heavy (non-hydrogen) atoms. The molecule has 1 atom stereocenters. The number of hydrogen-bond acceptors (Lipinski definition) is 5.